The van der Waals surface area contributed by atoms with E-state index >= 15 is 0 Å². The van der Waals surface area contributed by atoms with Crippen LogP contribution in [0.25, 0.3) is 10.9 Å². The number of aliphatic hydroxyl groups is 1. The Kier molecular flexibility index (Phi) is 6.12. The molecule has 2 aliphatic carbocycles. The molecule has 1 aromatic heterocycles. The summed E-state index contributed by atoms with van der Waals surface area (Å²) in [6, 6.07) is 3.31. The fourth-order valence-electron chi connectivity index (χ4n) is 5.96. The van der Waals surface area contributed by atoms with Crippen molar-refractivity contribution in [1.29, 1.82) is 0 Å². The lowest BCUT2D eigenvalue weighted by molar-refractivity contribution is -0.141. The van der Waals surface area contributed by atoms with Crippen molar-refractivity contribution in [2.45, 2.75) is 103 Å². The Morgan fingerprint density at radius 3 is 2.59 bits per heavy atom. The Hall–Kier alpha value is -1.95. The molecule has 6 heteroatoms. The van der Waals surface area contributed by atoms with E-state index in [0.717, 1.165) is 42.1 Å². The standard InChI is InChI=1S/C26H38FN3O2/c1-7-26(32)13-16(4)12-19(14-26)30(15(2)3)25(31)17(5)24-23-21(29(6)28-24)11-10-20(27)22(23)18-8-9-18/h10-11,15-19,32H,7-9,12-14H2,1-6H3. The highest BCUT2D eigenvalue weighted by molar-refractivity contribution is 5.93. The van der Waals surface area contributed by atoms with E-state index in [4.69, 9.17) is 5.10 Å². The minimum absolute atomic E-state index is 0.00624. The molecule has 4 unspecified atom stereocenters. The zero-order valence-electron chi connectivity index (χ0n) is 20.4. The molecule has 176 valence electrons. The number of nitrogens with zero attached hydrogens (tertiary/aromatic N) is 3. The fourth-order valence-corrected chi connectivity index (χ4v) is 5.96. The number of carbonyl (C=O) groups excluding carboxylic acids is 1. The van der Waals surface area contributed by atoms with Crippen molar-refractivity contribution in [3.8, 4) is 0 Å². The van der Waals surface area contributed by atoms with Crippen LogP contribution in [-0.2, 0) is 11.8 Å². The molecule has 2 aliphatic rings. The minimum Gasteiger partial charge on any atom is -0.390 e. The second kappa shape index (κ2) is 8.44. The van der Waals surface area contributed by atoms with Gasteiger partial charge in [0.1, 0.15) is 5.82 Å². The fraction of sp³-hybridized carbons (Fsp3) is 0.692. The molecule has 32 heavy (non-hydrogen) atoms. The number of carbonyl (C=O) groups is 1. The number of rotatable bonds is 6. The predicted octanol–water partition coefficient (Wildman–Crippen LogP) is 5.26. The van der Waals surface area contributed by atoms with Crippen LogP contribution < -0.4 is 0 Å². The molecule has 0 saturated heterocycles. The van der Waals surface area contributed by atoms with Crippen LogP contribution in [0.1, 0.15) is 96.2 Å². The number of amides is 1. The maximum Gasteiger partial charge on any atom is 0.232 e. The van der Waals surface area contributed by atoms with E-state index in [2.05, 4.69) is 6.92 Å². The van der Waals surface area contributed by atoms with E-state index in [1.165, 1.54) is 6.07 Å². The van der Waals surface area contributed by atoms with E-state index in [-0.39, 0.29) is 29.7 Å². The highest BCUT2D eigenvalue weighted by atomic mass is 19.1. The first-order valence-electron chi connectivity index (χ1n) is 12.3. The summed E-state index contributed by atoms with van der Waals surface area (Å²) in [5, 5.41) is 16.6. The van der Waals surface area contributed by atoms with Crippen LogP contribution in [0.15, 0.2) is 12.1 Å². The first-order chi connectivity index (χ1) is 15.1. The lowest BCUT2D eigenvalue weighted by atomic mass is 9.74. The van der Waals surface area contributed by atoms with Crippen LogP contribution in [0.3, 0.4) is 0 Å². The topological polar surface area (TPSA) is 58.4 Å². The number of aryl methyl sites for hydroxylation is 1. The summed E-state index contributed by atoms with van der Waals surface area (Å²) in [6.07, 6.45) is 4.95. The van der Waals surface area contributed by atoms with Crippen molar-refractivity contribution in [1.82, 2.24) is 14.7 Å². The molecule has 0 aliphatic heterocycles. The first kappa shape index (κ1) is 23.2. The number of benzene rings is 1. The van der Waals surface area contributed by atoms with Crippen molar-refractivity contribution in [3.63, 3.8) is 0 Å². The molecule has 4 atom stereocenters. The van der Waals surface area contributed by atoms with Gasteiger partial charge in [0.15, 0.2) is 0 Å². The van der Waals surface area contributed by atoms with Gasteiger partial charge in [-0.3, -0.25) is 9.48 Å². The maximum atomic E-state index is 14.8. The van der Waals surface area contributed by atoms with Gasteiger partial charge in [-0.05, 0) is 83.3 Å². The molecule has 0 spiro atoms. The van der Waals surface area contributed by atoms with Gasteiger partial charge in [0.2, 0.25) is 5.91 Å². The van der Waals surface area contributed by atoms with Crippen molar-refractivity contribution in [3.05, 3.63) is 29.2 Å². The largest absolute Gasteiger partial charge is 0.390 e. The Morgan fingerprint density at radius 1 is 1.31 bits per heavy atom. The molecule has 1 N–H and O–H groups in total. The predicted molar refractivity (Wildman–Crippen MR) is 125 cm³/mol. The normalized spacial score (nSPS) is 27.2. The molecular weight excluding hydrogens is 405 g/mol. The van der Waals surface area contributed by atoms with E-state index in [1.54, 1.807) is 10.7 Å². The van der Waals surface area contributed by atoms with Crippen molar-refractivity contribution in [2.24, 2.45) is 13.0 Å². The number of aromatic nitrogens is 2. The Balaban J connectivity index is 1.72. The van der Waals surface area contributed by atoms with E-state index in [9.17, 15) is 14.3 Å². The third kappa shape index (κ3) is 4.07. The molecule has 0 radical (unpaired) electrons. The van der Waals surface area contributed by atoms with Gasteiger partial charge in [0.05, 0.1) is 22.7 Å². The van der Waals surface area contributed by atoms with Crippen LogP contribution in [0.2, 0.25) is 0 Å². The van der Waals surface area contributed by atoms with Crippen LogP contribution in [-0.4, -0.2) is 43.4 Å². The molecule has 1 amide bonds. The van der Waals surface area contributed by atoms with Gasteiger partial charge in [0, 0.05) is 30.1 Å². The summed E-state index contributed by atoms with van der Waals surface area (Å²) in [5.74, 6) is -0.0714. The van der Waals surface area contributed by atoms with Crippen LogP contribution >= 0.6 is 0 Å². The molecule has 4 rings (SSSR count). The van der Waals surface area contributed by atoms with Gasteiger partial charge in [-0.15, -0.1) is 0 Å². The summed E-state index contributed by atoms with van der Waals surface area (Å²) in [5.41, 5.74) is 1.56. The summed E-state index contributed by atoms with van der Waals surface area (Å²) < 4.78 is 16.6. The molecule has 1 heterocycles. The van der Waals surface area contributed by atoms with Crippen LogP contribution in [0, 0.1) is 11.7 Å². The monoisotopic (exact) mass is 443 g/mol. The third-order valence-electron chi connectivity index (χ3n) is 7.68. The van der Waals surface area contributed by atoms with Gasteiger partial charge in [-0.1, -0.05) is 13.8 Å². The van der Waals surface area contributed by atoms with E-state index < -0.39 is 11.5 Å². The van der Waals surface area contributed by atoms with Crippen LogP contribution in [0.4, 0.5) is 4.39 Å². The SMILES string of the molecule is CCC1(O)CC(C)CC(N(C(=O)C(C)c2nn(C)c3ccc(F)c(C4CC4)c23)C(C)C)C1. The Labute approximate surface area is 191 Å². The summed E-state index contributed by atoms with van der Waals surface area (Å²) in [4.78, 5) is 15.9. The average molecular weight is 444 g/mol. The number of hydrogen-bond donors (Lipinski definition) is 1. The summed E-state index contributed by atoms with van der Waals surface area (Å²) in [6.45, 7) is 10.2. The second-order valence-electron chi connectivity index (χ2n) is 10.7. The Bertz CT molecular complexity index is 1010. The lowest BCUT2D eigenvalue weighted by Gasteiger charge is -2.46. The highest BCUT2D eigenvalue weighted by Gasteiger charge is 2.42. The van der Waals surface area contributed by atoms with Gasteiger partial charge < -0.3 is 10.0 Å². The second-order valence-corrected chi connectivity index (χ2v) is 10.7. The molecular formula is C26H38FN3O2. The van der Waals surface area contributed by atoms with Crippen molar-refractivity contribution >= 4 is 16.8 Å². The highest BCUT2D eigenvalue weighted by Crippen LogP contribution is 2.46. The molecule has 2 fully saturated rings. The molecule has 1 aromatic carbocycles. The average Bonchev–Trinajstić information content (AvgIpc) is 3.49. The number of halogens is 1. The lowest BCUT2D eigenvalue weighted by Crippen LogP contribution is -2.53. The van der Waals surface area contributed by atoms with Gasteiger partial charge >= 0.3 is 0 Å². The summed E-state index contributed by atoms with van der Waals surface area (Å²) in [7, 11) is 1.86. The first-order valence-corrected chi connectivity index (χ1v) is 12.3. The zero-order chi connectivity index (χ0) is 23.4. The smallest absolute Gasteiger partial charge is 0.232 e. The Morgan fingerprint density at radius 2 is 2.00 bits per heavy atom. The number of hydrogen-bond acceptors (Lipinski definition) is 3. The van der Waals surface area contributed by atoms with Crippen LogP contribution in [0.5, 0.6) is 0 Å². The number of fused-ring (bicyclic) bond motifs is 1. The third-order valence-corrected chi connectivity index (χ3v) is 7.68. The molecule has 2 aromatic rings. The molecule has 5 nitrogen and oxygen atoms in total. The van der Waals surface area contributed by atoms with Crippen molar-refractivity contribution in [2.75, 3.05) is 0 Å². The summed E-state index contributed by atoms with van der Waals surface area (Å²) >= 11 is 0. The maximum absolute atomic E-state index is 14.8. The van der Waals surface area contributed by atoms with Gasteiger partial charge in [0.25, 0.3) is 0 Å². The molecule has 2 saturated carbocycles. The zero-order valence-corrected chi connectivity index (χ0v) is 20.4. The van der Waals surface area contributed by atoms with E-state index in [1.807, 2.05) is 39.6 Å². The van der Waals surface area contributed by atoms with Crippen molar-refractivity contribution < 1.29 is 14.3 Å². The van der Waals surface area contributed by atoms with E-state index in [0.29, 0.717) is 24.5 Å². The molecule has 0 bridgehead atoms. The minimum atomic E-state index is -0.723. The quantitative estimate of drug-likeness (QED) is 0.662. The van der Waals surface area contributed by atoms with Gasteiger partial charge in [-0.25, -0.2) is 4.39 Å². The van der Waals surface area contributed by atoms with Gasteiger partial charge in [-0.2, -0.15) is 5.10 Å².